The Hall–Kier alpha value is -3.15. The van der Waals surface area contributed by atoms with E-state index in [0.717, 1.165) is 11.8 Å². The summed E-state index contributed by atoms with van der Waals surface area (Å²) in [5, 5.41) is 10.9. The second-order valence-electron chi connectivity index (χ2n) is 6.77. The molecule has 3 rings (SSSR count). The summed E-state index contributed by atoms with van der Waals surface area (Å²) >= 11 is 1.20. The van der Waals surface area contributed by atoms with E-state index in [2.05, 4.69) is 4.99 Å². The molecular weight excluding hydrogens is 454 g/mol. The summed E-state index contributed by atoms with van der Waals surface area (Å²) in [5.74, 6) is -0.545. The summed E-state index contributed by atoms with van der Waals surface area (Å²) < 4.78 is 31.7. The fraction of sp³-hybridized carbons (Fsp3) is 0.238. The third kappa shape index (κ3) is 5.75. The first-order chi connectivity index (χ1) is 15.2. The quantitative estimate of drug-likeness (QED) is 0.213. The van der Waals surface area contributed by atoms with Crippen molar-refractivity contribution in [3.05, 3.63) is 69.0 Å². The predicted octanol–water partition coefficient (Wildman–Crippen LogP) is 3.19. The van der Waals surface area contributed by atoms with Crippen molar-refractivity contribution in [1.29, 1.82) is 0 Å². The zero-order valence-corrected chi connectivity index (χ0v) is 19.1. The van der Waals surface area contributed by atoms with Gasteiger partial charge in [0.15, 0.2) is 14.6 Å². The number of carbonyl (C=O) groups excluding carboxylic acids is 1. The number of sulfone groups is 1. The summed E-state index contributed by atoms with van der Waals surface area (Å²) in [4.78, 5) is 27.6. The second-order valence-corrected chi connectivity index (χ2v) is 9.80. The molecule has 1 amide bonds. The minimum Gasteiger partial charge on any atom is -0.380 e. The van der Waals surface area contributed by atoms with Gasteiger partial charge in [0.25, 0.3) is 11.6 Å². The van der Waals surface area contributed by atoms with Gasteiger partial charge in [-0.3, -0.25) is 14.9 Å². The van der Waals surface area contributed by atoms with E-state index in [4.69, 9.17) is 4.74 Å². The van der Waals surface area contributed by atoms with Crippen LogP contribution in [-0.4, -0.2) is 43.3 Å². The van der Waals surface area contributed by atoms with Crippen LogP contribution in [0.15, 0.2) is 58.4 Å². The van der Waals surface area contributed by atoms with Gasteiger partial charge in [-0.05, 0) is 36.8 Å². The van der Waals surface area contributed by atoms with E-state index < -0.39 is 20.7 Å². The fourth-order valence-electron chi connectivity index (χ4n) is 2.93. The van der Waals surface area contributed by atoms with Crippen molar-refractivity contribution < 1.29 is 22.9 Å². The minimum absolute atomic E-state index is 0.0727. The van der Waals surface area contributed by atoms with E-state index in [-0.39, 0.29) is 10.6 Å². The van der Waals surface area contributed by atoms with E-state index in [9.17, 15) is 23.3 Å². The topological polar surface area (TPSA) is 121 Å². The summed E-state index contributed by atoms with van der Waals surface area (Å²) in [6, 6.07) is 10.7. The SMILES string of the molecule is CCOCCn1c(=NC(=O)/C=C/c2cccc([N+](=O)[O-])c2)sc2cc(S(C)(=O)=O)ccc21. The molecule has 11 heteroatoms. The van der Waals surface area contributed by atoms with Crippen LogP contribution < -0.4 is 4.80 Å². The molecule has 1 heterocycles. The minimum atomic E-state index is -3.37. The number of benzene rings is 2. The number of nitro groups is 1. The van der Waals surface area contributed by atoms with E-state index in [0.29, 0.717) is 34.8 Å². The average Bonchev–Trinajstić information content (AvgIpc) is 3.08. The second kappa shape index (κ2) is 9.98. The van der Waals surface area contributed by atoms with Crippen molar-refractivity contribution in [1.82, 2.24) is 4.57 Å². The van der Waals surface area contributed by atoms with Gasteiger partial charge >= 0.3 is 0 Å². The Morgan fingerprint density at radius 3 is 2.75 bits per heavy atom. The first-order valence-electron chi connectivity index (χ1n) is 9.61. The highest BCUT2D eigenvalue weighted by Gasteiger charge is 2.13. The maximum absolute atomic E-state index is 12.5. The molecule has 168 valence electrons. The van der Waals surface area contributed by atoms with Gasteiger partial charge in [0.1, 0.15) is 0 Å². The number of non-ortho nitro benzene ring substituents is 1. The number of thiazole rings is 1. The Morgan fingerprint density at radius 1 is 1.28 bits per heavy atom. The van der Waals surface area contributed by atoms with Crippen LogP contribution in [0.3, 0.4) is 0 Å². The van der Waals surface area contributed by atoms with E-state index in [1.807, 2.05) is 6.92 Å². The maximum Gasteiger partial charge on any atom is 0.272 e. The molecule has 3 aromatic rings. The third-order valence-electron chi connectivity index (χ3n) is 4.45. The van der Waals surface area contributed by atoms with Gasteiger partial charge in [-0.15, -0.1) is 0 Å². The molecule has 0 fully saturated rings. The van der Waals surface area contributed by atoms with Gasteiger partial charge in [-0.25, -0.2) is 8.42 Å². The van der Waals surface area contributed by atoms with E-state index >= 15 is 0 Å². The van der Waals surface area contributed by atoms with Gasteiger partial charge in [0.05, 0.1) is 26.6 Å². The first-order valence-corrected chi connectivity index (χ1v) is 12.3. The summed E-state index contributed by atoms with van der Waals surface area (Å²) in [7, 11) is -3.37. The molecule has 0 N–H and O–H groups in total. The number of amides is 1. The van der Waals surface area contributed by atoms with Crippen LogP contribution in [0.25, 0.3) is 16.3 Å². The predicted molar refractivity (Wildman–Crippen MR) is 122 cm³/mol. The van der Waals surface area contributed by atoms with Gasteiger partial charge < -0.3 is 9.30 Å². The van der Waals surface area contributed by atoms with Crippen molar-refractivity contribution in [2.75, 3.05) is 19.5 Å². The molecule has 9 nitrogen and oxygen atoms in total. The molecule has 0 unspecified atom stereocenters. The number of nitro benzene ring substituents is 1. The van der Waals surface area contributed by atoms with Crippen LogP contribution in [0.1, 0.15) is 12.5 Å². The molecule has 32 heavy (non-hydrogen) atoms. The first kappa shape index (κ1) is 23.5. The fourth-order valence-corrected chi connectivity index (χ4v) is 4.75. The number of carbonyl (C=O) groups is 1. The Bertz CT molecular complexity index is 1370. The van der Waals surface area contributed by atoms with Crippen molar-refractivity contribution in [2.45, 2.75) is 18.4 Å². The van der Waals surface area contributed by atoms with Crippen molar-refractivity contribution >= 4 is 49.1 Å². The zero-order chi connectivity index (χ0) is 23.3. The zero-order valence-electron chi connectivity index (χ0n) is 17.4. The lowest BCUT2D eigenvalue weighted by molar-refractivity contribution is -0.384. The number of hydrogen-bond acceptors (Lipinski definition) is 7. The molecule has 0 aliphatic heterocycles. The van der Waals surface area contributed by atoms with Crippen LogP contribution >= 0.6 is 11.3 Å². The molecule has 0 atom stereocenters. The van der Waals surface area contributed by atoms with Gasteiger partial charge in [0.2, 0.25) is 0 Å². The number of hydrogen-bond donors (Lipinski definition) is 0. The Morgan fingerprint density at radius 2 is 2.06 bits per heavy atom. The highest BCUT2D eigenvalue weighted by Crippen LogP contribution is 2.22. The lowest BCUT2D eigenvalue weighted by Gasteiger charge is -2.05. The smallest absolute Gasteiger partial charge is 0.272 e. The highest BCUT2D eigenvalue weighted by molar-refractivity contribution is 7.90. The molecule has 0 bridgehead atoms. The lowest BCUT2D eigenvalue weighted by Crippen LogP contribution is -2.19. The number of fused-ring (bicyclic) bond motifs is 1. The molecule has 0 aliphatic rings. The Labute approximate surface area is 188 Å². The molecule has 2 aromatic carbocycles. The van der Waals surface area contributed by atoms with Gasteiger partial charge in [0, 0.05) is 37.6 Å². The summed E-state index contributed by atoms with van der Waals surface area (Å²) in [5.41, 5.74) is 1.17. The van der Waals surface area contributed by atoms with Crippen molar-refractivity contribution in [2.24, 2.45) is 4.99 Å². The number of nitrogens with zero attached hydrogens (tertiary/aromatic N) is 3. The molecule has 0 aliphatic carbocycles. The maximum atomic E-state index is 12.5. The van der Waals surface area contributed by atoms with Crippen LogP contribution in [0.4, 0.5) is 5.69 Å². The Kier molecular flexibility index (Phi) is 7.33. The summed E-state index contributed by atoms with van der Waals surface area (Å²) in [6.07, 6.45) is 3.83. The normalized spacial score (nSPS) is 12.6. The third-order valence-corrected chi connectivity index (χ3v) is 6.60. The number of aromatic nitrogens is 1. The molecular formula is C21H21N3O6S2. The lowest BCUT2D eigenvalue weighted by atomic mass is 10.2. The highest BCUT2D eigenvalue weighted by atomic mass is 32.2. The standard InChI is InChI=1S/C21H21N3O6S2/c1-3-30-12-11-23-18-9-8-17(32(2,28)29)14-19(18)31-21(23)22-20(25)10-7-15-5-4-6-16(13-15)24(26)27/h4-10,13-14H,3,11-12H2,1-2H3/b10-7+,22-21?. The molecule has 1 aromatic heterocycles. The van der Waals surface area contributed by atoms with Crippen LogP contribution in [0.2, 0.25) is 0 Å². The van der Waals surface area contributed by atoms with E-state index in [1.165, 1.54) is 47.8 Å². The van der Waals surface area contributed by atoms with Crippen molar-refractivity contribution in [3.8, 4) is 0 Å². The van der Waals surface area contributed by atoms with Crippen LogP contribution in [0, 0.1) is 10.1 Å². The van der Waals surface area contributed by atoms with E-state index in [1.54, 1.807) is 22.8 Å². The van der Waals surface area contributed by atoms with Crippen LogP contribution in [0.5, 0.6) is 0 Å². The molecule has 0 saturated heterocycles. The molecule has 0 spiro atoms. The monoisotopic (exact) mass is 475 g/mol. The Balaban J connectivity index is 1.99. The molecule has 0 radical (unpaired) electrons. The molecule has 0 saturated carbocycles. The van der Waals surface area contributed by atoms with Crippen molar-refractivity contribution in [3.63, 3.8) is 0 Å². The largest absolute Gasteiger partial charge is 0.380 e. The van der Waals surface area contributed by atoms with Gasteiger partial charge in [-0.2, -0.15) is 4.99 Å². The average molecular weight is 476 g/mol. The number of rotatable bonds is 8. The van der Waals surface area contributed by atoms with Gasteiger partial charge in [-0.1, -0.05) is 23.5 Å². The summed E-state index contributed by atoms with van der Waals surface area (Å²) in [6.45, 7) is 3.26. The van der Waals surface area contributed by atoms with Crippen LogP contribution in [-0.2, 0) is 25.9 Å². The number of ether oxygens (including phenoxy) is 1.